The molecule has 48 heavy (non-hydrogen) atoms. The van der Waals surface area contributed by atoms with Crippen LogP contribution in [0, 0.1) is 23.7 Å². The van der Waals surface area contributed by atoms with E-state index in [0.29, 0.717) is 0 Å². The molecule has 0 aliphatic heterocycles. The van der Waals surface area contributed by atoms with Gasteiger partial charge in [-0.2, -0.15) is 0 Å². The molecule has 0 unspecified atom stereocenters. The number of fused-ring (bicyclic) bond motifs is 6. The molecule has 0 saturated heterocycles. The highest BCUT2D eigenvalue weighted by atomic mass is 15.0. The number of aromatic nitrogens is 2. The molecule has 0 fully saturated rings. The number of benzene rings is 7. The molecule has 2 aromatic heterocycles. The fourth-order valence-electron chi connectivity index (χ4n) is 6.83. The van der Waals surface area contributed by atoms with Gasteiger partial charge in [-0.1, -0.05) is 121 Å². The molecule has 9 aromatic rings. The number of nitrogens with zero attached hydrogens (tertiary/aromatic N) is 2. The zero-order valence-corrected chi connectivity index (χ0v) is 26.1. The van der Waals surface area contributed by atoms with Crippen LogP contribution in [0.3, 0.4) is 0 Å². The summed E-state index contributed by atoms with van der Waals surface area (Å²) in [4.78, 5) is 0. The summed E-state index contributed by atoms with van der Waals surface area (Å²) >= 11 is 0. The second kappa shape index (κ2) is 11.6. The summed E-state index contributed by atoms with van der Waals surface area (Å²) in [6.45, 7) is 0. The summed E-state index contributed by atoms with van der Waals surface area (Å²) in [6, 6.07) is 59.3. The Hall–Kier alpha value is -6.74. The Balaban J connectivity index is 1.05. The molecule has 7 aromatic carbocycles. The highest BCUT2D eigenvalue weighted by molar-refractivity contribution is 6.10. The predicted molar refractivity (Wildman–Crippen MR) is 200 cm³/mol. The van der Waals surface area contributed by atoms with E-state index in [0.717, 1.165) is 33.6 Å². The van der Waals surface area contributed by atoms with Crippen LogP contribution >= 0.6 is 0 Å². The summed E-state index contributed by atoms with van der Waals surface area (Å²) in [5.41, 5.74) is 10.7. The molecule has 0 aliphatic carbocycles. The molecule has 0 saturated carbocycles. The van der Waals surface area contributed by atoms with Crippen molar-refractivity contribution in [3.63, 3.8) is 0 Å². The number of rotatable bonds is 2. The first kappa shape index (κ1) is 27.6. The summed E-state index contributed by atoms with van der Waals surface area (Å²) in [5, 5.41) is 4.96. The van der Waals surface area contributed by atoms with E-state index in [2.05, 4.69) is 203 Å². The monoisotopic (exact) mass is 608 g/mol. The summed E-state index contributed by atoms with van der Waals surface area (Å²) in [6.07, 6.45) is 0. The average molecular weight is 609 g/mol. The van der Waals surface area contributed by atoms with Gasteiger partial charge in [-0.3, -0.25) is 0 Å². The minimum absolute atomic E-state index is 0.947. The van der Waals surface area contributed by atoms with Crippen molar-refractivity contribution < 1.29 is 0 Å². The Morgan fingerprint density at radius 1 is 0.271 bits per heavy atom. The van der Waals surface area contributed by atoms with Crippen molar-refractivity contribution in [1.29, 1.82) is 0 Å². The van der Waals surface area contributed by atoms with E-state index < -0.39 is 0 Å². The lowest BCUT2D eigenvalue weighted by Gasteiger charge is -2.10. The second-order valence-corrected chi connectivity index (χ2v) is 11.9. The van der Waals surface area contributed by atoms with Crippen molar-refractivity contribution in [1.82, 2.24) is 9.13 Å². The first-order valence-corrected chi connectivity index (χ1v) is 16.1. The molecule has 0 amide bonds. The topological polar surface area (TPSA) is 9.86 Å². The predicted octanol–water partition coefficient (Wildman–Crippen LogP) is 10.7. The number of hydrogen-bond acceptors (Lipinski definition) is 0. The van der Waals surface area contributed by atoms with Gasteiger partial charge in [0.25, 0.3) is 0 Å². The normalized spacial score (nSPS) is 11.0. The first-order chi connectivity index (χ1) is 23.8. The zero-order valence-electron chi connectivity index (χ0n) is 26.1. The van der Waals surface area contributed by atoms with Gasteiger partial charge in [0.2, 0.25) is 0 Å². The van der Waals surface area contributed by atoms with Crippen molar-refractivity contribution in [3.05, 3.63) is 192 Å². The van der Waals surface area contributed by atoms with Crippen LogP contribution in [0.25, 0.3) is 55.0 Å². The lowest BCUT2D eigenvalue weighted by molar-refractivity contribution is 1.17. The van der Waals surface area contributed by atoms with Gasteiger partial charge >= 0.3 is 0 Å². The molecule has 222 valence electrons. The van der Waals surface area contributed by atoms with Crippen molar-refractivity contribution in [2.45, 2.75) is 0 Å². The van der Waals surface area contributed by atoms with E-state index in [9.17, 15) is 0 Å². The van der Waals surface area contributed by atoms with Crippen LogP contribution in [0.1, 0.15) is 22.3 Å². The molecule has 0 spiro atoms. The Morgan fingerprint density at radius 3 is 0.917 bits per heavy atom. The van der Waals surface area contributed by atoms with Gasteiger partial charge in [0, 0.05) is 43.8 Å². The highest BCUT2D eigenvalue weighted by Gasteiger charge is 2.14. The van der Waals surface area contributed by atoms with Gasteiger partial charge in [-0.25, -0.2) is 0 Å². The van der Waals surface area contributed by atoms with Crippen LogP contribution in [-0.4, -0.2) is 9.13 Å². The van der Waals surface area contributed by atoms with Gasteiger partial charge in [-0.05, 0) is 72.8 Å². The third-order valence-electron chi connectivity index (χ3n) is 9.02. The molecular weight excluding hydrogens is 581 g/mol. The maximum atomic E-state index is 3.47. The molecule has 2 heteroatoms. The van der Waals surface area contributed by atoms with Crippen LogP contribution in [-0.2, 0) is 0 Å². The minimum Gasteiger partial charge on any atom is -0.308 e. The first-order valence-electron chi connectivity index (χ1n) is 16.1. The number of para-hydroxylation sites is 6. The second-order valence-electron chi connectivity index (χ2n) is 11.9. The molecule has 0 atom stereocenters. The van der Waals surface area contributed by atoms with Crippen molar-refractivity contribution in [2.75, 3.05) is 0 Å². The molecule has 0 bridgehead atoms. The maximum Gasteiger partial charge on any atom is 0.0618 e. The molecule has 9 rings (SSSR count). The Morgan fingerprint density at radius 2 is 0.562 bits per heavy atom. The smallest absolute Gasteiger partial charge is 0.0618 e. The molecule has 2 nitrogen and oxygen atoms in total. The highest BCUT2D eigenvalue weighted by Crippen LogP contribution is 2.34. The Bertz CT molecular complexity index is 2490. The van der Waals surface area contributed by atoms with Gasteiger partial charge in [0.15, 0.2) is 0 Å². The summed E-state index contributed by atoms with van der Waals surface area (Å²) in [5.74, 6) is 13.7. The van der Waals surface area contributed by atoms with Crippen LogP contribution in [0.2, 0.25) is 0 Å². The van der Waals surface area contributed by atoms with E-state index in [1.807, 2.05) is 0 Å². The van der Waals surface area contributed by atoms with E-state index in [1.54, 1.807) is 0 Å². The van der Waals surface area contributed by atoms with Gasteiger partial charge in [0.05, 0.1) is 33.4 Å². The maximum absolute atomic E-state index is 3.47. The van der Waals surface area contributed by atoms with Gasteiger partial charge in [-0.15, -0.1) is 0 Å². The fourth-order valence-corrected chi connectivity index (χ4v) is 6.83. The third kappa shape index (κ3) is 4.64. The van der Waals surface area contributed by atoms with Crippen LogP contribution < -0.4 is 0 Å². The van der Waals surface area contributed by atoms with E-state index in [-0.39, 0.29) is 0 Å². The lowest BCUT2D eigenvalue weighted by atomic mass is 10.1. The van der Waals surface area contributed by atoms with E-state index in [1.165, 1.54) is 43.6 Å². The lowest BCUT2D eigenvalue weighted by Crippen LogP contribution is -1.97. The number of hydrogen-bond donors (Lipinski definition) is 0. The quantitative estimate of drug-likeness (QED) is 0.173. The summed E-state index contributed by atoms with van der Waals surface area (Å²) in [7, 11) is 0. The van der Waals surface area contributed by atoms with Crippen molar-refractivity contribution >= 4 is 43.6 Å². The Labute approximate surface area is 279 Å². The van der Waals surface area contributed by atoms with Crippen LogP contribution in [0.4, 0.5) is 0 Å². The molecule has 0 radical (unpaired) electrons. The van der Waals surface area contributed by atoms with E-state index in [4.69, 9.17) is 0 Å². The average Bonchev–Trinajstić information content (AvgIpc) is 3.67. The minimum atomic E-state index is 0.947. The largest absolute Gasteiger partial charge is 0.308 e. The third-order valence-corrected chi connectivity index (χ3v) is 9.02. The van der Waals surface area contributed by atoms with Gasteiger partial charge in [0.1, 0.15) is 0 Å². The molecule has 0 aliphatic rings. The van der Waals surface area contributed by atoms with Crippen molar-refractivity contribution in [3.8, 4) is 35.1 Å². The van der Waals surface area contributed by atoms with Crippen molar-refractivity contribution in [2.24, 2.45) is 0 Å². The van der Waals surface area contributed by atoms with Gasteiger partial charge < -0.3 is 9.13 Å². The standard InChI is InChI=1S/C46H28N2/c1-7-19-41(47-43-21-9-3-15-37(43)38-16-4-10-22-44(38)47)35(13-1)31-29-33-25-27-34(28-26-33)30-32-36-14-2-8-20-42(36)48-45-23-11-5-17-39(45)40-18-6-12-24-46(40)48/h1-28H. The zero-order chi connectivity index (χ0) is 31.9. The van der Waals surface area contributed by atoms with Crippen LogP contribution in [0.15, 0.2) is 170 Å². The van der Waals surface area contributed by atoms with E-state index >= 15 is 0 Å². The molecular formula is C46H28N2. The van der Waals surface area contributed by atoms with Crippen LogP contribution in [0.5, 0.6) is 0 Å². The molecule has 0 N–H and O–H groups in total. The Kier molecular flexibility index (Phi) is 6.64. The SMILES string of the molecule is C(#Cc1ccccc1-n1c2ccccc2c2ccccc21)c1ccc(C#Cc2ccccc2-n2c3ccccc3c3ccccc32)cc1. The molecule has 2 heterocycles. The fraction of sp³-hybridized carbons (Fsp3) is 0. The summed E-state index contributed by atoms with van der Waals surface area (Å²) < 4.78 is 4.65.